The molecule has 0 aliphatic heterocycles. The van der Waals surface area contributed by atoms with Crippen LogP contribution in [0.1, 0.15) is 22.4 Å². The summed E-state index contributed by atoms with van der Waals surface area (Å²) in [6.07, 6.45) is 0.385. The molecule has 0 unspecified atom stereocenters. The fourth-order valence-electron chi connectivity index (χ4n) is 2.16. The summed E-state index contributed by atoms with van der Waals surface area (Å²) in [5.41, 5.74) is 2.31. The van der Waals surface area contributed by atoms with E-state index in [1.165, 1.54) is 5.56 Å². The second-order valence-electron chi connectivity index (χ2n) is 5.32. The van der Waals surface area contributed by atoms with Crippen LogP contribution < -0.4 is 4.74 Å². The van der Waals surface area contributed by atoms with Crippen molar-refractivity contribution in [3.63, 3.8) is 0 Å². The van der Waals surface area contributed by atoms with Gasteiger partial charge in [0, 0.05) is 11.9 Å². The summed E-state index contributed by atoms with van der Waals surface area (Å²) < 4.78 is 6.80. The SMILES string of the molecule is Cc1ccc(OCCC(=O)N(C)Cc2ccc(Br)s2)c(C)c1. The third-order valence-corrected chi connectivity index (χ3v) is 4.96. The highest BCUT2D eigenvalue weighted by Crippen LogP contribution is 2.23. The van der Waals surface area contributed by atoms with E-state index in [1.807, 2.05) is 38.2 Å². The first-order valence-electron chi connectivity index (χ1n) is 7.14. The number of aryl methyl sites for hydroxylation is 2. The second-order valence-corrected chi connectivity index (χ2v) is 7.87. The van der Waals surface area contributed by atoms with E-state index < -0.39 is 0 Å². The van der Waals surface area contributed by atoms with Crippen LogP contribution in [0.25, 0.3) is 0 Å². The van der Waals surface area contributed by atoms with E-state index in [9.17, 15) is 4.79 Å². The first-order chi connectivity index (χ1) is 10.5. The molecule has 2 rings (SSSR count). The number of carbonyl (C=O) groups excluding carboxylic acids is 1. The van der Waals surface area contributed by atoms with Gasteiger partial charge in [-0.1, -0.05) is 17.7 Å². The molecule has 0 saturated carbocycles. The number of thiophene rings is 1. The van der Waals surface area contributed by atoms with E-state index in [0.717, 1.165) is 20.0 Å². The highest BCUT2D eigenvalue weighted by atomic mass is 79.9. The van der Waals surface area contributed by atoms with Gasteiger partial charge in [-0.05, 0) is 53.5 Å². The number of halogens is 1. The number of carbonyl (C=O) groups is 1. The molecule has 118 valence electrons. The Morgan fingerprint density at radius 3 is 2.68 bits per heavy atom. The highest BCUT2D eigenvalue weighted by Gasteiger charge is 2.11. The average Bonchev–Trinajstić information content (AvgIpc) is 2.86. The van der Waals surface area contributed by atoms with Gasteiger partial charge in [-0.15, -0.1) is 11.3 Å². The van der Waals surface area contributed by atoms with E-state index in [2.05, 4.69) is 28.9 Å². The van der Waals surface area contributed by atoms with Gasteiger partial charge in [-0.3, -0.25) is 4.79 Å². The van der Waals surface area contributed by atoms with Crippen LogP contribution in [0.15, 0.2) is 34.1 Å². The zero-order chi connectivity index (χ0) is 16.1. The van der Waals surface area contributed by atoms with Gasteiger partial charge in [-0.2, -0.15) is 0 Å². The molecule has 5 heteroatoms. The lowest BCUT2D eigenvalue weighted by Crippen LogP contribution is -2.27. The zero-order valence-corrected chi connectivity index (χ0v) is 15.5. The third-order valence-electron chi connectivity index (χ3n) is 3.35. The standard InChI is InChI=1S/C17H20BrNO2S/c1-12-4-6-15(13(2)10-12)21-9-8-17(20)19(3)11-14-5-7-16(18)22-14/h4-7,10H,8-9,11H2,1-3H3. The van der Waals surface area contributed by atoms with Gasteiger partial charge in [0.15, 0.2) is 0 Å². The predicted octanol–water partition coefficient (Wildman–Crippen LogP) is 4.55. The quantitative estimate of drug-likeness (QED) is 0.733. The zero-order valence-electron chi connectivity index (χ0n) is 13.1. The largest absolute Gasteiger partial charge is 0.493 e. The van der Waals surface area contributed by atoms with E-state index in [1.54, 1.807) is 16.2 Å². The molecule has 1 aromatic heterocycles. The molecule has 0 spiro atoms. The van der Waals surface area contributed by atoms with Crippen LogP contribution in [-0.4, -0.2) is 24.5 Å². The minimum Gasteiger partial charge on any atom is -0.493 e. The van der Waals surface area contributed by atoms with Crippen LogP contribution in [-0.2, 0) is 11.3 Å². The van der Waals surface area contributed by atoms with Gasteiger partial charge < -0.3 is 9.64 Å². The van der Waals surface area contributed by atoms with E-state index in [-0.39, 0.29) is 5.91 Å². The lowest BCUT2D eigenvalue weighted by atomic mass is 10.1. The van der Waals surface area contributed by atoms with Gasteiger partial charge in [-0.25, -0.2) is 0 Å². The lowest BCUT2D eigenvalue weighted by Gasteiger charge is -2.16. The van der Waals surface area contributed by atoms with Gasteiger partial charge in [0.2, 0.25) is 5.91 Å². The molecule has 22 heavy (non-hydrogen) atoms. The highest BCUT2D eigenvalue weighted by molar-refractivity contribution is 9.11. The average molecular weight is 382 g/mol. The maximum Gasteiger partial charge on any atom is 0.226 e. The molecular weight excluding hydrogens is 362 g/mol. The number of benzene rings is 1. The van der Waals surface area contributed by atoms with Crippen molar-refractivity contribution in [2.24, 2.45) is 0 Å². The normalized spacial score (nSPS) is 10.5. The molecule has 0 atom stereocenters. The molecule has 1 amide bonds. The van der Waals surface area contributed by atoms with Crippen LogP contribution in [0, 0.1) is 13.8 Å². The Labute approximate surface area is 144 Å². The summed E-state index contributed by atoms with van der Waals surface area (Å²) in [6.45, 7) is 5.11. The third kappa shape index (κ3) is 4.85. The number of hydrogen-bond donors (Lipinski definition) is 0. The van der Waals surface area contributed by atoms with E-state index in [0.29, 0.717) is 19.6 Å². The number of ether oxygens (including phenoxy) is 1. The Hall–Kier alpha value is -1.33. The molecule has 1 aromatic carbocycles. The van der Waals surface area contributed by atoms with Gasteiger partial charge in [0.05, 0.1) is 23.4 Å². The van der Waals surface area contributed by atoms with Crippen molar-refractivity contribution in [2.45, 2.75) is 26.8 Å². The summed E-state index contributed by atoms with van der Waals surface area (Å²) in [4.78, 5) is 15.0. The predicted molar refractivity (Wildman–Crippen MR) is 94.5 cm³/mol. The molecule has 3 nitrogen and oxygen atoms in total. The van der Waals surface area contributed by atoms with Crippen molar-refractivity contribution in [1.82, 2.24) is 4.90 Å². The van der Waals surface area contributed by atoms with Crippen LogP contribution in [0.3, 0.4) is 0 Å². The van der Waals surface area contributed by atoms with Crippen molar-refractivity contribution in [3.8, 4) is 5.75 Å². The summed E-state index contributed by atoms with van der Waals surface area (Å²) >= 11 is 5.08. The van der Waals surface area contributed by atoms with Crippen LogP contribution in [0.4, 0.5) is 0 Å². The molecule has 0 radical (unpaired) electrons. The summed E-state index contributed by atoms with van der Waals surface area (Å²) in [5.74, 6) is 0.942. The minimum absolute atomic E-state index is 0.0919. The molecule has 0 aliphatic carbocycles. The summed E-state index contributed by atoms with van der Waals surface area (Å²) in [5, 5.41) is 0. The van der Waals surface area contributed by atoms with Crippen molar-refractivity contribution in [3.05, 3.63) is 50.1 Å². The van der Waals surface area contributed by atoms with Gasteiger partial charge >= 0.3 is 0 Å². The first-order valence-corrected chi connectivity index (χ1v) is 8.75. The van der Waals surface area contributed by atoms with Crippen molar-refractivity contribution >= 4 is 33.2 Å². The Bertz CT molecular complexity index is 654. The molecule has 1 heterocycles. The first kappa shape index (κ1) is 17.0. The maximum absolute atomic E-state index is 12.1. The van der Waals surface area contributed by atoms with E-state index in [4.69, 9.17) is 4.74 Å². The molecule has 0 bridgehead atoms. The monoisotopic (exact) mass is 381 g/mol. The fraction of sp³-hybridized carbons (Fsp3) is 0.353. The molecular formula is C17H20BrNO2S. The Balaban J connectivity index is 1.79. The number of hydrogen-bond acceptors (Lipinski definition) is 3. The minimum atomic E-state index is 0.0919. The van der Waals surface area contributed by atoms with Crippen molar-refractivity contribution in [1.29, 1.82) is 0 Å². The molecule has 0 N–H and O–H groups in total. The molecule has 0 aliphatic rings. The summed E-state index contributed by atoms with van der Waals surface area (Å²) in [7, 11) is 1.83. The Kier molecular flexibility index (Phi) is 6.03. The molecule has 2 aromatic rings. The molecule has 0 saturated heterocycles. The number of amides is 1. The van der Waals surface area contributed by atoms with E-state index >= 15 is 0 Å². The molecule has 0 fully saturated rings. The number of rotatable bonds is 6. The topological polar surface area (TPSA) is 29.5 Å². The Morgan fingerprint density at radius 2 is 2.05 bits per heavy atom. The summed E-state index contributed by atoms with van der Waals surface area (Å²) in [6, 6.07) is 10.1. The van der Waals surface area contributed by atoms with Gasteiger partial charge in [0.1, 0.15) is 5.75 Å². The van der Waals surface area contributed by atoms with Gasteiger partial charge in [0.25, 0.3) is 0 Å². The van der Waals surface area contributed by atoms with Crippen LogP contribution in [0.2, 0.25) is 0 Å². The smallest absolute Gasteiger partial charge is 0.226 e. The number of nitrogens with zero attached hydrogens (tertiary/aromatic N) is 1. The Morgan fingerprint density at radius 1 is 1.27 bits per heavy atom. The van der Waals surface area contributed by atoms with Crippen LogP contribution >= 0.6 is 27.3 Å². The van der Waals surface area contributed by atoms with Crippen molar-refractivity contribution < 1.29 is 9.53 Å². The van der Waals surface area contributed by atoms with Crippen LogP contribution in [0.5, 0.6) is 5.75 Å². The maximum atomic E-state index is 12.1. The van der Waals surface area contributed by atoms with Crippen molar-refractivity contribution in [2.75, 3.05) is 13.7 Å². The second kappa shape index (κ2) is 7.79. The lowest BCUT2D eigenvalue weighted by molar-refractivity contribution is -0.130. The fourth-order valence-corrected chi connectivity index (χ4v) is 3.70.